The second-order valence-electron chi connectivity index (χ2n) is 6.06. The van der Waals surface area contributed by atoms with Crippen molar-refractivity contribution in [2.45, 2.75) is 25.6 Å². The average Bonchev–Trinajstić information content (AvgIpc) is 3.11. The van der Waals surface area contributed by atoms with Crippen LogP contribution in [0.1, 0.15) is 41.9 Å². The highest BCUT2D eigenvalue weighted by atomic mass is 16.5. The highest BCUT2D eigenvalue weighted by Crippen LogP contribution is 2.28. The third-order valence-electron chi connectivity index (χ3n) is 4.26. The molecule has 0 aliphatic rings. The lowest BCUT2D eigenvalue weighted by Gasteiger charge is -2.27. The van der Waals surface area contributed by atoms with Crippen molar-refractivity contribution in [3.8, 4) is 0 Å². The quantitative estimate of drug-likeness (QED) is 0.652. The molecule has 0 saturated carbocycles. The maximum absolute atomic E-state index is 5.40. The Bertz CT molecular complexity index is 734. The first-order valence-corrected chi connectivity index (χ1v) is 8.34. The van der Waals surface area contributed by atoms with E-state index in [1.54, 1.807) is 7.11 Å². The highest BCUT2D eigenvalue weighted by Gasteiger charge is 2.22. The third-order valence-corrected chi connectivity index (χ3v) is 4.26. The summed E-state index contributed by atoms with van der Waals surface area (Å²) in [5.41, 5.74) is 2.45. The molecular formula is C20H23N3O2. The summed E-state index contributed by atoms with van der Waals surface area (Å²) < 4.78 is 10.6. The van der Waals surface area contributed by atoms with Gasteiger partial charge in [0.05, 0.1) is 12.6 Å². The number of nitrogens with zero attached hydrogens (tertiary/aromatic N) is 3. The Morgan fingerprint density at radius 1 is 1.00 bits per heavy atom. The Morgan fingerprint density at radius 3 is 2.08 bits per heavy atom. The van der Waals surface area contributed by atoms with E-state index in [9.17, 15) is 0 Å². The number of rotatable bonds is 7. The standard InChI is InChI=1S/C20H23N3O2/c1-15(24-3)20-21-18(25-22-20)14-23(2)19(16-10-6-4-7-11-16)17-12-8-5-9-13-17/h4-13,15,19H,14H2,1-3H3. The molecule has 0 spiro atoms. The number of hydrogen-bond donors (Lipinski definition) is 0. The summed E-state index contributed by atoms with van der Waals surface area (Å²) in [5.74, 6) is 1.15. The number of hydrogen-bond acceptors (Lipinski definition) is 5. The van der Waals surface area contributed by atoms with Crippen LogP contribution < -0.4 is 0 Å². The zero-order chi connectivity index (χ0) is 17.6. The predicted molar refractivity (Wildman–Crippen MR) is 95.9 cm³/mol. The molecule has 0 saturated heterocycles. The van der Waals surface area contributed by atoms with Gasteiger partial charge in [0.25, 0.3) is 0 Å². The van der Waals surface area contributed by atoms with E-state index < -0.39 is 0 Å². The van der Waals surface area contributed by atoms with Gasteiger partial charge in [0.2, 0.25) is 5.89 Å². The van der Waals surface area contributed by atoms with Crippen molar-refractivity contribution in [2.24, 2.45) is 0 Å². The molecule has 2 aromatic carbocycles. The Labute approximate surface area is 148 Å². The van der Waals surface area contributed by atoms with Crippen molar-refractivity contribution in [3.05, 3.63) is 83.5 Å². The first kappa shape index (κ1) is 17.3. The summed E-state index contributed by atoms with van der Waals surface area (Å²) in [6.45, 7) is 2.45. The van der Waals surface area contributed by atoms with Gasteiger partial charge < -0.3 is 9.26 Å². The summed E-state index contributed by atoms with van der Waals surface area (Å²) in [5, 5.41) is 4.01. The molecule has 0 amide bonds. The number of benzene rings is 2. The molecule has 1 unspecified atom stereocenters. The second kappa shape index (κ2) is 8.05. The van der Waals surface area contributed by atoms with Gasteiger partial charge in [0.1, 0.15) is 6.10 Å². The molecule has 1 heterocycles. The second-order valence-corrected chi connectivity index (χ2v) is 6.06. The molecule has 1 aromatic heterocycles. The molecule has 3 aromatic rings. The Hall–Kier alpha value is -2.50. The van der Waals surface area contributed by atoms with Crippen LogP contribution in [0.4, 0.5) is 0 Å². The predicted octanol–water partition coefficient (Wildman–Crippen LogP) is 4.00. The fraction of sp³-hybridized carbons (Fsp3) is 0.300. The van der Waals surface area contributed by atoms with Crippen molar-refractivity contribution in [3.63, 3.8) is 0 Å². The van der Waals surface area contributed by atoms with E-state index in [1.165, 1.54) is 11.1 Å². The van der Waals surface area contributed by atoms with Gasteiger partial charge in [0.15, 0.2) is 5.82 Å². The molecule has 0 bridgehead atoms. The fourth-order valence-electron chi connectivity index (χ4n) is 2.88. The topological polar surface area (TPSA) is 51.4 Å². The molecule has 0 radical (unpaired) electrons. The molecule has 25 heavy (non-hydrogen) atoms. The van der Waals surface area contributed by atoms with Crippen LogP contribution in [0.2, 0.25) is 0 Å². The van der Waals surface area contributed by atoms with Crippen LogP contribution in [-0.4, -0.2) is 29.2 Å². The molecule has 5 heteroatoms. The zero-order valence-electron chi connectivity index (χ0n) is 14.8. The Kier molecular flexibility index (Phi) is 5.58. The molecule has 1 atom stereocenters. The maximum Gasteiger partial charge on any atom is 0.240 e. The molecule has 5 nitrogen and oxygen atoms in total. The lowest BCUT2D eigenvalue weighted by molar-refractivity contribution is 0.109. The van der Waals surface area contributed by atoms with Gasteiger partial charge in [-0.1, -0.05) is 65.8 Å². The van der Waals surface area contributed by atoms with Gasteiger partial charge in [-0.25, -0.2) is 0 Å². The van der Waals surface area contributed by atoms with Gasteiger partial charge >= 0.3 is 0 Å². The van der Waals surface area contributed by atoms with Crippen LogP contribution in [0.25, 0.3) is 0 Å². The normalized spacial score (nSPS) is 12.7. The van der Waals surface area contributed by atoms with Gasteiger partial charge in [-0.05, 0) is 25.1 Å². The van der Waals surface area contributed by atoms with Crippen molar-refractivity contribution >= 4 is 0 Å². The van der Waals surface area contributed by atoms with Crippen LogP contribution in [0.15, 0.2) is 65.2 Å². The first-order valence-electron chi connectivity index (χ1n) is 8.34. The van der Waals surface area contributed by atoms with E-state index in [0.717, 1.165) is 0 Å². The van der Waals surface area contributed by atoms with Crippen LogP contribution in [-0.2, 0) is 11.3 Å². The fourth-order valence-corrected chi connectivity index (χ4v) is 2.88. The lowest BCUT2D eigenvalue weighted by Crippen LogP contribution is -2.25. The van der Waals surface area contributed by atoms with E-state index in [-0.39, 0.29) is 12.1 Å². The van der Waals surface area contributed by atoms with E-state index in [4.69, 9.17) is 9.26 Å². The summed E-state index contributed by atoms with van der Waals surface area (Å²) in [6.07, 6.45) is -0.179. The first-order chi connectivity index (χ1) is 12.2. The monoisotopic (exact) mass is 337 g/mol. The average molecular weight is 337 g/mol. The van der Waals surface area contributed by atoms with Crippen LogP contribution in [0.5, 0.6) is 0 Å². The molecule has 0 aliphatic carbocycles. The third kappa shape index (κ3) is 4.13. The van der Waals surface area contributed by atoms with Crippen molar-refractivity contribution in [1.82, 2.24) is 15.0 Å². The van der Waals surface area contributed by atoms with E-state index in [2.05, 4.69) is 70.6 Å². The number of aromatic nitrogens is 2. The van der Waals surface area contributed by atoms with Gasteiger partial charge in [0, 0.05) is 7.11 Å². The summed E-state index contributed by atoms with van der Waals surface area (Å²) in [6, 6.07) is 21.0. The number of methoxy groups -OCH3 is 1. The maximum atomic E-state index is 5.40. The number of ether oxygens (including phenoxy) is 1. The summed E-state index contributed by atoms with van der Waals surface area (Å²) in [7, 11) is 3.70. The van der Waals surface area contributed by atoms with Crippen LogP contribution >= 0.6 is 0 Å². The molecular weight excluding hydrogens is 314 g/mol. The molecule has 0 fully saturated rings. The molecule has 130 valence electrons. The van der Waals surface area contributed by atoms with Crippen molar-refractivity contribution < 1.29 is 9.26 Å². The van der Waals surface area contributed by atoms with Crippen LogP contribution in [0.3, 0.4) is 0 Å². The van der Waals surface area contributed by atoms with Gasteiger partial charge in [-0.3, -0.25) is 4.90 Å². The van der Waals surface area contributed by atoms with Gasteiger partial charge in [-0.15, -0.1) is 0 Å². The molecule has 3 rings (SSSR count). The molecule has 0 aliphatic heterocycles. The SMILES string of the molecule is COC(C)c1noc(CN(C)C(c2ccccc2)c2ccccc2)n1. The van der Waals surface area contributed by atoms with E-state index in [1.807, 2.05) is 19.1 Å². The van der Waals surface area contributed by atoms with Crippen LogP contribution in [0, 0.1) is 0 Å². The Morgan fingerprint density at radius 2 is 1.56 bits per heavy atom. The minimum Gasteiger partial charge on any atom is -0.374 e. The lowest BCUT2D eigenvalue weighted by atomic mass is 9.97. The minimum atomic E-state index is -0.179. The van der Waals surface area contributed by atoms with Gasteiger partial charge in [-0.2, -0.15) is 4.98 Å². The minimum absolute atomic E-state index is 0.109. The van der Waals surface area contributed by atoms with E-state index >= 15 is 0 Å². The smallest absolute Gasteiger partial charge is 0.240 e. The summed E-state index contributed by atoms with van der Waals surface area (Å²) in [4.78, 5) is 6.65. The zero-order valence-corrected chi connectivity index (χ0v) is 14.8. The van der Waals surface area contributed by atoms with Crippen molar-refractivity contribution in [1.29, 1.82) is 0 Å². The summed E-state index contributed by atoms with van der Waals surface area (Å²) >= 11 is 0. The Balaban J connectivity index is 1.85. The van der Waals surface area contributed by atoms with E-state index in [0.29, 0.717) is 18.3 Å². The highest BCUT2D eigenvalue weighted by molar-refractivity contribution is 5.31. The van der Waals surface area contributed by atoms with Crippen molar-refractivity contribution in [2.75, 3.05) is 14.2 Å². The molecule has 0 N–H and O–H groups in total. The largest absolute Gasteiger partial charge is 0.374 e.